The van der Waals surface area contributed by atoms with Crippen LogP contribution in [-0.4, -0.2) is 34.1 Å². The molecule has 1 fully saturated rings. The van der Waals surface area contributed by atoms with Crippen LogP contribution in [0.3, 0.4) is 0 Å². The monoisotopic (exact) mass is 409 g/mol. The van der Waals surface area contributed by atoms with E-state index in [2.05, 4.69) is 4.98 Å². The van der Waals surface area contributed by atoms with Crippen molar-refractivity contribution in [1.82, 2.24) is 14.9 Å². The highest BCUT2D eigenvalue weighted by Gasteiger charge is 2.33. The van der Waals surface area contributed by atoms with E-state index in [1.54, 1.807) is 28.6 Å². The predicted octanol–water partition coefficient (Wildman–Crippen LogP) is 4.63. The van der Waals surface area contributed by atoms with E-state index < -0.39 is 0 Å². The lowest BCUT2D eigenvalue weighted by atomic mass is 10.2. The molecular formula is C22H23N3O3S. The highest BCUT2D eigenvalue weighted by Crippen LogP contribution is 2.34. The molecule has 3 aromatic rings. The highest BCUT2D eigenvalue weighted by molar-refractivity contribution is 7.09. The zero-order chi connectivity index (χ0) is 19.9. The van der Waals surface area contributed by atoms with Crippen LogP contribution in [-0.2, 0) is 17.8 Å². The SMILES string of the molecule is O=C(OCc1ccccc1)N1CCCC1c1nc(CCOc2cccnc2)cs1. The number of amides is 1. The molecule has 1 saturated heterocycles. The van der Waals surface area contributed by atoms with Crippen LogP contribution in [0, 0.1) is 0 Å². The normalized spacial score (nSPS) is 16.0. The topological polar surface area (TPSA) is 64.5 Å². The summed E-state index contributed by atoms with van der Waals surface area (Å²) in [5, 5.41) is 3.02. The number of carbonyl (C=O) groups is 1. The van der Waals surface area contributed by atoms with E-state index in [-0.39, 0.29) is 18.7 Å². The summed E-state index contributed by atoms with van der Waals surface area (Å²) in [5.41, 5.74) is 1.97. The largest absolute Gasteiger partial charge is 0.492 e. The van der Waals surface area contributed by atoms with Gasteiger partial charge in [-0.25, -0.2) is 9.78 Å². The first-order valence-electron chi connectivity index (χ1n) is 9.74. The molecular weight excluding hydrogens is 386 g/mol. The smallest absolute Gasteiger partial charge is 0.410 e. The summed E-state index contributed by atoms with van der Waals surface area (Å²) in [6.45, 7) is 1.54. The van der Waals surface area contributed by atoms with E-state index in [9.17, 15) is 4.79 Å². The molecule has 0 radical (unpaired) electrons. The molecule has 4 rings (SSSR count). The molecule has 1 aromatic carbocycles. The van der Waals surface area contributed by atoms with E-state index >= 15 is 0 Å². The Morgan fingerprint density at radius 2 is 2.10 bits per heavy atom. The second-order valence-corrected chi connectivity index (χ2v) is 7.75. The molecule has 1 aliphatic heterocycles. The van der Waals surface area contributed by atoms with Crippen molar-refractivity contribution >= 4 is 17.4 Å². The van der Waals surface area contributed by atoms with Crippen molar-refractivity contribution in [2.24, 2.45) is 0 Å². The van der Waals surface area contributed by atoms with Gasteiger partial charge in [-0.2, -0.15) is 0 Å². The molecule has 0 aliphatic carbocycles. The Hall–Kier alpha value is -2.93. The van der Waals surface area contributed by atoms with Gasteiger partial charge in [0.15, 0.2) is 0 Å². The number of hydrogen-bond donors (Lipinski definition) is 0. The summed E-state index contributed by atoms with van der Waals surface area (Å²) in [4.78, 5) is 23.2. The van der Waals surface area contributed by atoms with Crippen LogP contribution in [0.5, 0.6) is 5.75 Å². The molecule has 6 nitrogen and oxygen atoms in total. The fourth-order valence-corrected chi connectivity index (χ4v) is 4.34. The van der Waals surface area contributed by atoms with Gasteiger partial charge in [0.2, 0.25) is 0 Å². The molecule has 1 unspecified atom stereocenters. The molecule has 0 spiro atoms. The Kier molecular flexibility index (Phi) is 6.36. The maximum Gasteiger partial charge on any atom is 0.410 e. The summed E-state index contributed by atoms with van der Waals surface area (Å²) >= 11 is 1.60. The number of nitrogens with zero attached hydrogens (tertiary/aromatic N) is 3. The van der Waals surface area contributed by atoms with E-state index in [0.29, 0.717) is 13.2 Å². The second kappa shape index (κ2) is 9.52. The third-order valence-electron chi connectivity index (χ3n) is 4.81. The molecule has 3 heterocycles. The molecule has 0 saturated carbocycles. The van der Waals surface area contributed by atoms with Crippen LogP contribution in [0.2, 0.25) is 0 Å². The second-order valence-electron chi connectivity index (χ2n) is 6.86. The van der Waals surface area contributed by atoms with Gasteiger partial charge in [0, 0.05) is 24.5 Å². The fraction of sp³-hybridized carbons (Fsp3) is 0.318. The Labute approximate surface area is 174 Å². The molecule has 1 atom stereocenters. The number of hydrogen-bond acceptors (Lipinski definition) is 6. The Bertz CT molecular complexity index is 917. The predicted molar refractivity (Wildman–Crippen MR) is 111 cm³/mol. The summed E-state index contributed by atoms with van der Waals surface area (Å²) in [7, 11) is 0. The van der Waals surface area contributed by atoms with Crippen LogP contribution in [0.15, 0.2) is 60.2 Å². The third kappa shape index (κ3) is 5.12. The van der Waals surface area contributed by atoms with Crippen molar-refractivity contribution in [2.45, 2.75) is 31.9 Å². The van der Waals surface area contributed by atoms with Crippen molar-refractivity contribution in [3.05, 3.63) is 76.5 Å². The maximum atomic E-state index is 12.6. The first-order valence-corrected chi connectivity index (χ1v) is 10.6. The maximum absolute atomic E-state index is 12.6. The average molecular weight is 410 g/mol. The van der Waals surface area contributed by atoms with Crippen molar-refractivity contribution in [3.8, 4) is 5.75 Å². The van der Waals surface area contributed by atoms with Crippen molar-refractivity contribution in [3.63, 3.8) is 0 Å². The van der Waals surface area contributed by atoms with Gasteiger partial charge in [-0.05, 0) is 30.5 Å². The van der Waals surface area contributed by atoms with E-state index in [0.717, 1.165) is 41.3 Å². The van der Waals surface area contributed by atoms with Crippen LogP contribution in [0.25, 0.3) is 0 Å². The number of rotatable bonds is 7. The fourth-order valence-electron chi connectivity index (χ4n) is 3.34. The lowest BCUT2D eigenvalue weighted by molar-refractivity contribution is 0.0920. The Balaban J connectivity index is 1.31. The molecule has 1 aliphatic rings. The minimum Gasteiger partial charge on any atom is -0.492 e. The summed E-state index contributed by atoms with van der Waals surface area (Å²) in [5.74, 6) is 0.756. The quantitative estimate of drug-likeness (QED) is 0.569. The third-order valence-corrected chi connectivity index (χ3v) is 5.80. The highest BCUT2D eigenvalue weighted by atomic mass is 32.1. The van der Waals surface area contributed by atoms with Crippen molar-refractivity contribution < 1.29 is 14.3 Å². The van der Waals surface area contributed by atoms with E-state index in [4.69, 9.17) is 14.5 Å². The Morgan fingerprint density at radius 1 is 1.21 bits per heavy atom. The number of likely N-dealkylation sites (tertiary alicyclic amines) is 1. The lowest BCUT2D eigenvalue weighted by Gasteiger charge is -2.22. The zero-order valence-electron chi connectivity index (χ0n) is 16.1. The number of carbonyl (C=O) groups excluding carboxylic acids is 1. The standard InChI is InChI=1S/C22H23N3O3S/c26-22(28-15-17-6-2-1-3-7-17)25-12-5-9-20(25)21-24-18(16-29-21)10-13-27-19-8-4-11-23-14-19/h1-4,6-8,11,14,16,20H,5,9-10,12-13,15H2. The van der Waals surface area contributed by atoms with Crippen molar-refractivity contribution in [1.29, 1.82) is 0 Å². The molecule has 1 amide bonds. The van der Waals surface area contributed by atoms with Crippen LogP contribution in [0.4, 0.5) is 4.79 Å². The molecule has 29 heavy (non-hydrogen) atoms. The lowest BCUT2D eigenvalue weighted by Crippen LogP contribution is -2.31. The van der Waals surface area contributed by atoms with Crippen LogP contribution < -0.4 is 4.74 Å². The molecule has 150 valence electrons. The Morgan fingerprint density at radius 3 is 2.93 bits per heavy atom. The average Bonchev–Trinajstić information content (AvgIpc) is 3.43. The minimum atomic E-state index is -0.270. The van der Waals surface area contributed by atoms with Crippen molar-refractivity contribution in [2.75, 3.05) is 13.2 Å². The van der Waals surface area contributed by atoms with Gasteiger partial charge in [0.1, 0.15) is 17.4 Å². The molecule has 0 N–H and O–H groups in total. The van der Waals surface area contributed by atoms with E-state index in [1.807, 2.05) is 47.8 Å². The number of benzene rings is 1. The number of thiazole rings is 1. The van der Waals surface area contributed by atoms with E-state index in [1.165, 1.54) is 0 Å². The summed E-state index contributed by atoms with van der Waals surface area (Å²) in [6, 6.07) is 13.5. The number of pyridine rings is 1. The first-order chi connectivity index (χ1) is 14.3. The molecule has 7 heteroatoms. The van der Waals surface area contributed by atoms with Crippen LogP contribution >= 0.6 is 11.3 Å². The van der Waals surface area contributed by atoms with Gasteiger partial charge >= 0.3 is 6.09 Å². The van der Waals surface area contributed by atoms with Gasteiger partial charge < -0.3 is 9.47 Å². The van der Waals surface area contributed by atoms with Gasteiger partial charge in [-0.3, -0.25) is 9.88 Å². The number of ether oxygens (including phenoxy) is 2. The molecule has 0 bridgehead atoms. The van der Waals surface area contributed by atoms with Gasteiger partial charge in [0.05, 0.1) is 24.5 Å². The van der Waals surface area contributed by atoms with Gasteiger partial charge in [0.25, 0.3) is 0 Å². The van der Waals surface area contributed by atoms with Crippen LogP contribution in [0.1, 0.15) is 35.1 Å². The first kappa shape index (κ1) is 19.4. The minimum absolute atomic E-state index is 0.00346. The van der Waals surface area contributed by atoms with Gasteiger partial charge in [-0.15, -0.1) is 11.3 Å². The zero-order valence-corrected chi connectivity index (χ0v) is 16.9. The molecule has 2 aromatic heterocycles. The summed E-state index contributed by atoms with van der Waals surface area (Å²) in [6.07, 6.45) is 5.75. The number of aromatic nitrogens is 2. The van der Waals surface area contributed by atoms with Gasteiger partial charge in [-0.1, -0.05) is 30.3 Å². The summed E-state index contributed by atoms with van der Waals surface area (Å²) < 4.78 is 11.2.